The summed E-state index contributed by atoms with van der Waals surface area (Å²) in [4.78, 5) is 38.3. The first-order valence-corrected chi connectivity index (χ1v) is 20.2. The number of anilines is 1. The Bertz CT molecular complexity index is 2960. The number of allylic oxidation sites excluding steroid dienone is 6. The van der Waals surface area contributed by atoms with Gasteiger partial charge in [-0.15, -0.1) is 12.4 Å². The molecule has 5 aliphatic rings. The Balaban J connectivity index is 0.00000476. The van der Waals surface area contributed by atoms with E-state index in [0.717, 1.165) is 103 Å². The number of aromatic nitrogens is 4. The molecule has 10 rings (SSSR count). The standard InChI is InChI=1S/C51H44N8O.ClH/c1-57-27-7-12-35(30-57)48-41-21-19-39(53-41)47(33-15-17-38(18-16-33)52-51(60)34-10-5-4-6-11-34)40-20-22-42(54-40)49(36-13-8-28-58(2)31-36)44-24-26-46(56-44)50(45-25-23-43(48)55-45)37-14-9-29-59(3)32-37;/h4-29,53,56H,30-32H2,1-3H3,(H,52,60);1H. The third kappa shape index (κ3) is 7.67. The maximum Gasteiger partial charge on any atom is 0.255 e. The molecule has 0 aliphatic carbocycles. The number of fused-ring (bicyclic) bond motifs is 8. The lowest BCUT2D eigenvalue weighted by molar-refractivity contribution is 0.102. The van der Waals surface area contributed by atoms with Crippen molar-refractivity contribution < 1.29 is 4.79 Å². The van der Waals surface area contributed by atoms with E-state index >= 15 is 0 Å². The van der Waals surface area contributed by atoms with Crippen molar-refractivity contribution in [1.29, 1.82) is 0 Å². The van der Waals surface area contributed by atoms with E-state index in [0.29, 0.717) is 11.3 Å². The Morgan fingerprint density at radius 1 is 0.525 bits per heavy atom. The second-order valence-corrected chi connectivity index (χ2v) is 15.7. The van der Waals surface area contributed by atoms with Gasteiger partial charge in [-0.1, -0.05) is 48.6 Å². The van der Waals surface area contributed by atoms with Crippen LogP contribution >= 0.6 is 12.4 Å². The van der Waals surface area contributed by atoms with Crippen molar-refractivity contribution in [2.75, 3.05) is 46.1 Å². The number of benzene rings is 2. The lowest BCUT2D eigenvalue weighted by Gasteiger charge is -2.21. The van der Waals surface area contributed by atoms with Gasteiger partial charge in [0.2, 0.25) is 0 Å². The highest BCUT2D eigenvalue weighted by atomic mass is 35.5. The Hall–Kier alpha value is -7.36. The van der Waals surface area contributed by atoms with Crippen molar-refractivity contribution >= 4 is 87.1 Å². The zero-order valence-electron chi connectivity index (χ0n) is 34.2. The number of carbonyl (C=O) groups is 1. The van der Waals surface area contributed by atoms with Crippen LogP contribution in [0.15, 0.2) is 134 Å². The van der Waals surface area contributed by atoms with Gasteiger partial charge in [0.1, 0.15) is 0 Å². The predicted molar refractivity (Wildman–Crippen MR) is 255 cm³/mol. The zero-order valence-corrected chi connectivity index (χ0v) is 35.0. The maximum absolute atomic E-state index is 13.1. The van der Waals surface area contributed by atoms with E-state index < -0.39 is 0 Å². The van der Waals surface area contributed by atoms with Gasteiger partial charge >= 0.3 is 0 Å². The summed E-state index contributed by atoms with van der Waals surface area (Å²) >= 11 is 0. The van der Waals surface area contributed by atoms with E-state index in [1.165, 1.54) is 5.57 Å². The van der Waals surface area contributed by atoms with E-state index in [1.54, 1.807) is 0 Å². The molecule has 0 spiro atoms. The summed E-state index contributed by atoms with van der Waals surface area (Å²) in [6.45, 7) is 2.22. The zero-order chi connectivity index (χ0) is 40.7. The molecule has 0 radical (unpaired) electrons. The van der Waals surface area contributed by atoms with Gasteiger partial charge < -0.3 is 30.0 Å². The second-order valence-electron chi connectivity index (χ2n) is 15.7. The molecule has 5 aliphatic heterocycles. The molecule has 0 fully saturated rings. The summed E-state index contributed by atoms with van der Waals surface area (Å²) in [7, 11) is 6.29. The third-order valence-electron chi connectivity index (χ3n) is 11.4. The van der Waals surface area contributed by atoms with Crippen molar-refractivity contribution in [1.82, 2.24) is 34.6 Å². The Morgan fingerprint density at radius 2 is 0.918 bits per heavy atom. The number of nitrogens with zero attached hydrogens (tertiary/aromatic N) is 5. The van der Waals surface area contributed by atoms with Crippen molar-refractivity contribution in [2.24, 2.45) is 0 Å². The van der Waals surface area contributed by atoms with Gasteiger partial charge in [0, 0.05) is 96.3 Å². The van der Waals surface area contributed by atoms with Gasteiger partial charge in [-0.2, -0.15) is 0 Å². The van der Waals surface area contributed by atoms with Crippen molar-refractivity contribution in [3.05, 3.63) is 179 Å². The average molecular weight is 821 g/mol. The van der Waals surface area contributed by atoms with Gasteiger partial charge in [0.15, 0.2) is 0 Å². The summed E-state index contributed by atoms with van der Waals surface area (Å²) < 4.78 is 0. The maximum atomic E-state index is 13.1. The van der Waals surface area contributed by atoms with Crippen molar-refractivity contribution in [3.63, 3.8) is 0 Å². The van der Waals surface area contributed by atoms with E-state index in [1.807, 2.05) is 42.5 Å². The summed E-state index contributed by atoms with van der Waals surface area (Å²) in [5, 5.41) is 3.06. The second kappa shape index (κ2) is 16.4. The highest BCUT2D eigenvalue weighted by molar-refractivity contribution is 6.04. The number of carbonyl (C=O) groups excluding carboxylic acids is 1. The van der Waals surface area contributed by atoms with E-state index in [-0.39, 0.29) is 18.3 Å². The van der Waals surface area contributed by atoms with Gasteiger partial charge in [0.25, 0.3) is 5.91 Å². The summed E-state index contributed by atoms with van der Waals surface area (Å²) in [6.07, 6.45) is 27.7. The van der Waals surface area contributed by atoms with Crippen LogP contribution < -0.4 is 5.32 Å². The fourth-order valence-corrected chi connectivity index (χ4v) is 8.56. The topological polar surface area (TPSA) is 96.2 Å². The van der Waals surface area contributed by atoms with Crippen LogP contribution in [0.5, 0.6) is 0 Å². The van der Waals surface area contributed by atoms with E-state index in [9.17, 15) is 4.79 Å². The molecule has 9 nitrogen and oxygen atoms in total. The molecular weight excluding hydrogens is 776 g/mol. The van der Waals surface area contributed by atoms with Crippen LogP contribution in [0.1, 0.15) is 49.8 Å². The molecule has 302 valence electrons. The fraction of sp³-hybridized carbons (Fsp3) is 0.118. The number of nitrogens with one attached hydrogen (secondary N) is 3. The van der Waals surface area contributed by atoms with Gasteiger partial charge in [-0.3, -0.25) is 4.79 Å². The Kier molecular flexibility index (Phi) is 10.5. The first-order chi connectivity index (χ1) is 29.3. The quantitative estimate of drug-likeness (QED) is 0.155. The van der Waals surface area contributed by atoms with Gasteiger partial charge in [-0.05, 0) is 132 Å². The Labute approximate surface area is 361 Å². The monoisotopic (exact) mass is 820 g/mol. The van der Waals surface area contributed by atoms with Crippen LogP contribution in [0, 0.1) is 0 Å². The number of aromatic amines is 2. The lowest BCUT2D eigenvalue weighted by Crippen LogP contribution is -2.17. The fourth-order valence-electron chi connectivity index (χ4n) is 8.56. The minimum Gasteiger partial charge on any atom is -0.376 e. The SMILES string of the molecule is CN1C=CC=C(c2c3nc(c(C4=CC=CN(C)C4)c4ccc([nH]4)c(-c4ccc(NC(=O)c5ccccc5)cc4)c4nc(c(C5=CC=CN(C)C5)c5ccc2[nH]5)C=C4)C=C3)C1.Cl. The molecule has 0 atom stereocenters. The highest BCUT2D eigenvalue weighted by Gasteiger charge is 2.22. The molecule has 3 N–H and O–H groups in total. The van der Waals surface area contributed by atoms with Crippen LogP contribution in [0.4, 0.5) is 5.69 Å². The minimum absolute atomic E-state index is 0. The predicted octanol–water partition coefficient (Wildman–Crippen LogP) is 10.5. The lowest BCUT2D eigenvalue weighted by atomic mass is 10.0. The van der Waals surface area contributed by atoms with Crippen LogP contribution in [0.25, 0.3) is 74.2 Å². The summed E-state index contributed by atoms with van der Waals surface area (Å²) in [5.74, 6) is -0.153. The number of likely N-dealkylation sites (N-methyl/N-ethyl adjacent to an activating group) is 3. The number of rotatable bonds is 6. The Morgan fingerprint density at radius 3 is 1.33 bits per heavy atom. The molecular formula is C51H45ClN8O. The smallest absolute Gasteiger partial charge is 0.255 e. The summed E-state index contributed by atoms with van der Waals surface area (Å²) in [5.41, 5.74) is 17.3. The van der Waals surface area contributed by atoms with Crippen LogP contribution in [0.2, 0.25) is 0 Å². The molecule has 10 heteroatoms. The van der Waals surface area contributed by atoms with E-state index in [2.05, 4.69) is 167 Å². The van der Waals surface area contributed by atoms with E-state index in [4.69, 9.17) is 9.97 Å². The minimum atomic E-state index is -0.153. The number of H-pyrrole nitrogens is 2. The molecule has 8 bridgehead atoms. The molecule has 3 aromatic heterocycles. The molecule has 61 heavy (non-hydrogen) atoms. The van der Waals surface area contributed by atoms with Crippen LogP contribution in [0.3, 0.4) is 0 Å². The molecule has 2 aromatic carbocycles. The highest BCUT2D eigenvalue weighted by Crippen LogP contribution is 2.37. The average Bonchev–Trinajstić information content (AvgIpc) is 4.10. The number of halogens is 1. The van der Waals surface area contributed by atoms with Gasteiger partial charge in [-0.25, -0.2) is 9.97 Å². The first-order valence-electron chi connectivity index (χ1n) is 20.2. The van der Waals surface area contributed by atoms with Crippen LogP contribution in [-0.2, 0) is 0 Å². The molecule has 1 amide bonds. The largest absolute Gasteiger partial charge is 0.376 e. The normalized spacial score (nSPS) is 15.4. The molecule has 5 aromatic rings. The third-order valence-corrected chi connectivity index (χ3v) is 11.4. The molecule has 0 saturated carbocycles. The van der Waals surface area contributed by atoms with Gasteiger partial charge in [0.05, 0.1) is 22.8 Å². The van der Waals surface area contributed by atoms with Crippen molar-refractivity contribution in [3.8, 4) is 11.1 Å². The molecule has 0 unspecified atom stereocenters. The first kappa shape index (κ1) is 39.1. The number of hydrogen-bond donors (Lipinski definition) is 3. The van der Waals surface area contributed by atoms with Crippen molar-refractivity contribution in [2.45, 2.75) is 0 Å². The number of hydrogen-bond acceptors (Lipinski definition) is 6. The molecule has 8 heterocycles. The summed E-state index contributed by atoms with van der Waals surface area (Å²) in [6, 6.07) is 25.9. The number of amides is 1. The molecule has 0 saturated heterocycles. The van der Waals surface area contributed by atoms with Crippen LogP contribution in [-0.4, -0.2) is 81.3 Å².